The third-order valence-corrected chi connectivity index (χ3v) is 3.51. The number of hydrogen-bond donors (Lipinski definition) is 0. The first-order valence-corrected chi connectivity index (χ1v) is 6.70. The predicted octanol–water partition coefficient (Wildman–Crippen LogP) is 4.30. The number of ether oxygens (including phenoxy) is 1. The van der Waals surface area contributed by atoms with Gasteiger partial charge < -0.3 is 9.15 Å². The first-order chi connectivity index (χ1) is 9.31. The van der Waals surface area contributed by atoms with E-state index in [1.807, 2.05) is 18.2 Å². The lowest BCUT2D eigenvalue weighted by Crippen LogP contribution is -2.25. The van der Waals surface area contributed by atoms with Crippen LogP contribution in [0, 0.1) is 0 Å². The molecule has 2 heterocycles. The molecule has 1 aliphatic heterocycles. The summed E-state index contributed by atoms with van der Waals surface area (Å²) in [5, 5.41) is 0. The van der Waals surface area contributed by atoms with E-state index in [1.165, 1.54) is 11.1 Å². The molecule has 0 radical (unpaired) electrons. The van der Waals surface area contributed by atoms with Crippen molar-refractivity contribution >= 4 is 0 Å². The van der Waals surface area contributed by atoms with E-state index in [0.717, 1.165) is 25.0 Å². The van der Waals surface area contributed by atoms with Crippen LogP contribution in [0.1, 0.15) is 30.3 Å². The molecule has 0 amide bonds. The van der Waals surface area contributed by atoms with E-state index in [0.29, 0.717) is 0 Å². The Hall–Kier alpha value is -1.80. The van der Waals surface area contributed by atoms with Gasteiger partial charge in [0.25, 0.3) is 0 Å². The van der Waals surface area contributed by atoms with Crippen LogP contribution in [-0.2, 0) is 11.2 Å². The van der Waals surface area contributed by atoms with Crippen molar-refractivity contribution < 1.29 is 9.15 Å². The lowest BCUT2D eigenvalue weighted by molar-refractivity contribution is -0.0420. The Bertz CT molecular complexity index is 528. The summed E-state index contributed by atoms with van der Waals surface area (Å²) in [5.74, 6) is 0.902. The summed E-state index contributed by atoms with van der Waals surface area (Å²) in [7, 11) is 0. The Labute approximate surface area is 113 Å². The molecule has 2 unspecified atom stereocenters. The van der Waals surface area contributed by atoms with Crippen molar-refractivity contribution in [3.63, 3.8) is 0 Å². The van der Waals surface area contributed by atoms with Gasteiger partial charge in [0.2, 0.25) is 0 Å². The number of furan rings is 1. The molecule has 19 heavy (non-hydrogen) atoms. The van der Waals surface area contributed by atoms with Crippen LogP contribution in [0.3, 0.4) is 0 Å². The Morgan fingerprint density at radius 2 is 1.89 bits per heavy atom. The fourth-order valence-corrected chi connectivity index (χ4v) is 2.64. The van der Waals surface area contributed by atoms with Crippen molar-refractivity contribution in [1.82, 2.24) is 0 Å². The van der Waals surface area contributed by atoms with E-state index < -0.39 is 0 Å². The second-order valence-electron chi connectivity index (χ2n) is 5.11. The van der Waals surface area contributed by atoms with Crippen LogP contribution in [0.5, 0.6) is 0 Å². The predicted molar refractivity (Wildman–Crippen MR) is 74.8 cm³/mol. The minimum Gasteiger partial charge on any atom is -0.467 e. The molecule has 1 saturated heterocycles. The molecule has 1 aliphatic rings. The average Bonchev–Trinajstić information content (AvgIpc) is 2.93. The highest BCUT2D eigenvalue weighted by Crippen LogP contribution is 2.34. The molecule has 0 spiro atoms. The summed E-state index contributed by atoms with van der Waals surface area (Å²) >= 11 is 0. The van der Waals surface area contributed by atoms with Gasteiger partial charge in [0.05, 0.1) is 12.4 Å². The summed E-state index contributed by atoms with van der Waals surface area (Å²) in [6.45, 7) is 4.14. The third-order valence-electron chi connectivity index (χ3n) is 3.51. The van der Waals surface area contributed by atoms with Crippen LogP contribution in [0.25, 0.3) is 0 Å². The summed E-state index contributed by atoms with van der Waals surface area (Å²) in [4.78, 5) is 0. The lowest BCUT2D eigenvalue weighted by atomic mass is 9.94. The van der Waals surface area contributed by atoms with E-state index in [9.17, 15) is 0 Å². The molecule has 1 fully saturated rings. The Morgan fingerprint density at radius 1 is 1.05 bits per heavy atom. The number of hydrogen-bond acceptors (Lipinski definition) is 2. The maximum Gasteiger partial charge on any atom is 0.132 e. The highest BCUT2D eigenvalue weighted by atomic mass is 16.5. The number of benzene rings is 1. The molecule has 0 bridgehead atoms. The zero-order chi connectivity index (χ0) is 13.1. The number of rotatable bonds is 3. The van der Waals surface area contributed by atoms with Crippen molar-refractivity contribution in [3.05, 3.63) is 72.2 Å². The lowest BCUT2D eigenvalue weighted by Gasteiger charge is -2.30. The molecule has 0 saturated carbocycles. The van der Waals surface area contributed by atoms with Crippen molar-refractivity contribution in [3.8, 4) is 0 Å². The van der Waals surface area contributed by atoms with Gasteiger partial charge in [-0.3, -0.25) is 0 Å². The van der Waals surface area contributed by atoms with E-state index in [1.54, 1.807) is 6.26 Å². The van der Waals surface area contributed by atoms with Crippen LogP contribution in [0.15, 0.2) is 65.3 Å². The van der Waals surface area contributed by atoms with Gasteiger partial charge in [-0.15, -0.1) is 0 Å². The summed E-state index contributed by atoms with van der Waals surface area (Å²) in [5.41, 5.74) is 2.55. The molecule has 2 atom stereocenters. The van der Waals surface area contributed by atoms with E-state index in [4.69, 9.17) is 9.15 Å². The van der Waals surface area contributed by atoms with Crippen molar-refractivity contribution in [2.45, 2.75) is 31.5 Å². The van der Waals surface area contributed by atoms with E-state index in [-0.39, 0.29) is 12.2 Å². The molecule has 0 aliphatic carbocycles. The molecule has 2 nitrogen and oxygen atoms in total. The van der Waals surface area contributed by atoms with Crippen LogP contribution < -0.4 is 0 Å². The molecule has 2 heteroatoms. The fourth-order valence-electron chi connectivity index (χ4n) is 2.64. The maximum absolute atomic E-state index is 6.15. The van der Waals surface area contributed by atoms with Gasteiger partial charge in [-0.2, -0.15) is 0 Å². The topological polar surface area (TPSA) is 22.4 Å². The first-order valence-electron chi connectivity index (χ1n) is 6.70. The van der Waals surface area contributed by atoms with Crippen molar-refractivity contribution in [2.24, 2.45) is 0 Å². The zero-order valence-corrected chi connectivity index (χ0v) is 10.9. The summed E-state index contributed by atoms with van der Waals surface area (Å²) < 4.78 is 11.6. The molecule has 1 aromatic heterocycles. The summed E-state index contributed by atoms with van der Waals surface area (Å²) in [6.07, 6.45) is 4.63. The quantitative estimate of drug-likeness (QED) is 0.762. The second-order valence-corrected chi connectivity index (χ2v) is 5.11. The molecular weight excluding hydrogens is 236 g/mol. The molecule has 1 aromatic carbocycles. The maximum atomic E-state index is 6.15. The van der Waals surface area contributed by atoms with Crippen LogP contribution in [0.2, 0.25) is 0 Å². The van der Waals surface area contributed by atoms with E-state index >= 15 is 0 Å². The summed E-state index contributed by atoms with van der Waals surface area (Å²) in [6, 6.07) is 14.3. The standard InChI is InChI=1S/C17H18O2/c1-13-10-15(12-14-6-3-2-4-7-14)19-17(11-13)16-8-5-9-18-16/h2-9,15,17H,1,10-12H2. The van der Waals surface area contributed by atoms with Gasteiger partial charge in [-0.1, -0.05) is 42.5 Å². The van der Waals surface area contributed by atoms with Gasteiger partial charge in [-0.05, 0) is 30.5 Å². The molecular formula is C17H18O2. The third kappa shape index (κ3) is 2.96. The van der Waals surface area contributed by atoms with Gasteiger partial charge in [0.1, 0.15) is 11.9 Å². The van der Waals surface area contributed by atoms with Gasteiger partial charge >= 0.3 is 0 Å². The van der Waals surface area contributed by atoms with Crippen LogP contribution in [-0.4, -0.2) is 6.10 Å². The zero-order valence-electron chi connectivity index (χ0n) is 10.9. The monoisotopic (exact) mass is 254 g/mol. The Balaban J connectivity index is 1.71. The first kappa shape index (κ1) is 12.2. The average molecular weight is 254 g/mol. The van der Waals surface area contributed by atoms with Crippen molar-refractivity contribution in [2.75, 3.05) is 0 Å². The minimum atomic E-state index is 0.0185. The van der Waals surface area contributed by atoms with Gasteiger partial charge in [0.15, 0.2) is 0 Å². The fraction of sp³-hybridized carbons (Fsp3) is 0.294. The van der Waals surface area contributed by atoms with Crippen molar-refractivity contribution in [1.29, 1.82) is 0 Å². The SMILES string of the molecule is C=C1CC(Cc2ccccc2)OC(c2ccco2)C1. The largest absolute Gasteiger partial charge is 0.467 e. The molecule has 0 N–H and O–H groups in total. The molecule has 2 aromatic rings. The van der Waals surface area contributed by atoms with Gasteiger partial charge in [-0.25, -0.2) is 0 Å². The molecule has 98 valence electrons. The minimum absolute atomic E-state index is 0.0185. The normalized spacial score (nSPS) is 23.5. The second kappa shape index (κ2) is 5.45. The van der Waals surface area contributed by atoms with E-state index in [2.05, 4.69) is 30.8 Å². The Kier molecular flexibility index (Phi) is 3.51. The van der Waals surface area contributed by atoms with Gasteiger partial charge in [0, 0.05) is 6.42 Å². The smallest absolute Gasteiger partial charge is 0.132 e. The highest BCUT2D eigenvalue weighted by Gasteiger charge is 2.27. The molecule has 3 rings (SSSR count). The highest BCUT2D eigenvalue weighted by molar-refractivity contribution is 5.18. The van der Waals surface area contributed by atoms with Crippen LogP contribution in [0.4, 0.5) is 0 Å². The van der Waals surface area contributed by atoms with Crippen LogP contribution >= 0.6 is 0 Å². The Morgan fingerprint density at radius 3 is 2.63 bits per heavy atom.